The zero-order chi connectivity index (χ0) is 20.9. The van der Waals surface area contributed by atoms with E-state index in [0.29, 0.717) is 5.56 Å². The fraction of sp³-hybridized carbons (Fsp3) is 0.300. The molecule has 8 nitrogen and oxygen atoms in total. The van der Waals surface area contributed by atoms with Gasteiger partial charge in [-0.05, 0) is 38.0 Å². The van der Waals surface area contributed by atoms with Gasteiger partial charge in [-0.3, -0.25) is 14.9 Å². The van der Waals surface area contributed by atoms with E-state index >= 15 is 0 Å². The highest BCUT2D eigenvalue weighted by Crippen LogP contribution is 2.34. The van der Waals surface area contributed by atoms with Crippen molar-refractivity contribution in [2.75, 3.05) is 0 Å². The van der Waals surface area contributed by atoms with Crippen molar-refractivity contribution in [1.82, 2.24) is 5.32 Å². The minimum atomic E-state index is -2.20. The molecule has 1 unspecified atom stereocenters. The maximum atomic E-state index is 11.8. The first kappa shape index (κ1) is 21.0. The van der Waals surface area contributed by atoms with Crippen LogP contribution in [0.3, 0.4) is 0 Å². The summed E-state index contributed by atoms with van der Waals surface area (Å²) < 4.78 is 5.15. The van der Waals surface area contributed by atoms with Gasteiger partial charge in [0.2, 0.25) is 0 Å². The molecule has 8 heteroatoms. The summed E-state index contributed by atoms with van der Waals surface area (Å²) in [5.41, 5.74) is -2.80. The van der Waals surface area contributed by atoms with E-state index in [9.17, 15) is 24.8 Å². The molecule has 0 aliphatic rings. The van der Waals surface area contributed by atoms with E-state index in [1.54, 1.807) is 39.0 Å². The molecule has 2 rings (SSSR count). The van der Waals surface area contributed by atoms with Gasteiger partial charge in [0.1, 0.15) is 5.60 Å². The standard InChI is InChI=1S/C20H22N2O6/c1-19(2,3)28-18(24)21-12-14-9-10-17(22(26)27)16(11-14)20(25,13-23)15-7-5-4-6-8-15/h4-11,13,25H,12H2,1-3H3,(H,21,24). The van der Waals surface area contributed by atoms with E-state index in [2.05, 4.69) is 5.32 Å². The third-order valence-electron chi connectivity index (χ3n) is 3.89. The number of alkyl carbamates (subject to hydrolysis) is 1. The number of hydrogen-bond acceptors (Lipinski definition) is 6. The first-order chi connectivity index (χ1) is 13.1. The summed E-state index contributed by atoms with van der Waals surface area (Å²) >= 11 is 0. The Morgan fingerprint density at radius 2 is 1.86 bits per heavy atom. The van der Waals surface area contributed by atoms with Gasteiger partial charge in [-0.2, -0.15) is 0 Å². The lowest BCUT2D eigenvalue weighted by molar-refractivity contribution is -0.386. The molecule has 0 aliphatic carbocycles. The number of rotatable bonds is 6. The second-order valence-electron chi connectivity index (χ2n) is 7.21. The van der Waals surface area contributed by atoms with Gasteiger partial charge in [0.15, 0.2) is 11.9 Å². The van der Waals surface area contributed by atoms with Crippen LogP contribution in [0.1, 0.15) is 37.5 Å². The third-order valence-corrected chi connectivity index (χ3v) is 3.89. The highest BCUT2D eigenvalue weighted by molar-refractivity contribution is 5.75. The van der Waals surface area contributed by atoms with Crippen LogP contribution in [0, 0.1) is 10.1 Å². The smallest absolute Gasteiger partial charge is 0.407 e. The predicted octanol–water partition coefficient (Wildman–Crippen LogP) is 3.05. The zero-order valence-corrected chi connectivity index (χ0v) is 15.8. The fourth-order valence-corrected chi connectivity index (χ4v) is 2.63. The topological polar surface area (TPSA) is 119 Å². The van der Waals surface area contributed by atoms with Crippen molar-refractivity contribution in [3.8, 4) is 0 Å². The number of nitrogens with zero attached hydrogens (tertiary/aromatic N) is 1. The largest absolute Gasteiger partial charge is 0.444 e. The lowest BCUT2D eigenvalue weighted by Gasteiger charge is -2.23. The van der Waals surface area contributed by atoms with E-state index in [4.69, 9.17) is 4.74 Å². The van der Waals surface area contributed by atoms with Crippen molar-refractivity contribution in [1.29, 1.82) is 0 Å². The average molecular weight is 386 g/mol. The van der Waals surface area contributed by atoms with Gasteiger partial charge < -0.3 is 15.2 Å². The van der Waals surface area contributed by atoms with Crippen LogP contribution in [0.5, 0.6) is 0 Å². The van der Waals surface area contributed by atoms with Gasteiger partial charge in [-0.15, -0.1) is 0 Å². The van der Waals surface area contributed by atoms with Gasteiger partial charge in [-0.1, -0.05) is 36.4 Å². The minimum Gasteiger partial charge on any atom is -0.444 e. The Morgan fingerprint density at radius 3 is 2.39 bits per heavy atom. The quantitative estimate of drug-likeness (QED) is 0.447. The highest BCUT2D eigenvalue weighted by Gasteiger charge is 2.37. The first-order valence-electron chi connectivity index (χ1n) is 8.55. The Morgan fingerprint density at radius 1 is 1.21 bits per heavy atom. The molecule has 1 amide bonds. The van der Waals surface area contributed by atoms with Gasteiger partial charge >= 0.3 is 6.09 Å². The molecular weight excluding hydrogens is 364 g/mol. The van der Waals surface area contributed by atoms with Crippen molar-refractivity contribution in [3.63, 3.8) is 0 Å². The first-order valence-corrected chi connectivity index (χ1v) is 8.55. The monoisotopic (exact) mass is 386 g/mol. The molecule has 0 aliphatic heterocycles. The van der Waals surface area contributed by atoms with Crippen LogP contribution in [0.4, 0.5) is 10.5 Å². The van der Waals surface area contributed by atoms with E-state index in [1.807, 2.05) is 0 Å². The van der Waals surface area contributed by atoms with Crippen LogP contribution < -0.4 is 5.32 Å². The van der Waals surface area contributed by atoms with E-state index in [-0.39, 0.29) is 24.0 Å². The van der Waals surface area contributed by atoms with Crippen LogP contribution in [-0.4, -0.2) is 28.0 Å². The number of aliphatic hydroxyl groups is 1. The number of amides is 1. The lowest BCUT2D eigenvalue weighted by atomic mass is 9.85. The van der Waals surface area contributed by atoms with Crippen LogP contribution in [0.25, 0.3) is 0 Å². The summed E-state index contributed by atoms with van der Waals surface area (Å²) in [6.45, 7) is 5.17. The van der Waals surface area contributed by atoms with Gasteiger partial charge in [0, 0.05) is 12.6 Å². The summed E-state index contributed by atoms with van der Waals surface area (Å²) in [5, 5.41) is 24.9. The average Bonchev–Trinajstić information content (AvgIpc) is 2.64. The Balaban J connectivity index is 2.40. The van der Waals surface area contributed by atoms with Gasteiger partial charge in [0.25, 0.3) is 5.69 Å². The van der Waals surface area contributed by atoms with Crippen molar-refractivity contribution in [2.24, 2.45) is 0 Å². The van der Waals surface area contributed by atoms with Crippen molar-refractivity contribution in [2.45, 2.75) is 38.5 Å². The number of aldehydes is 1. The van der Waals surface area contributed by atoms with Crippen LogP contribution >= 0.6 is 0 Å². The molecule has 0 spiro atoms. The van der Waals surface area contributed by atoms with Crippen molar-refractivity contribution in [3.05, 3.63) is 75.3 Å². The van der Waals surface area contributed by atoms with E-state index < -0.39 is 27.9 Å². The summed E-state index contributed by atoms with van der Waals surface area (Å²) in [4.78, 5) is 34.4. The number of nitro benzene ring substituents is 1. The molecule has 0 bridgehead atoms. The Hall–Kier alpha value is -3.26. The zero-order valence-electron chi connectivity index (χ0n) is 15.8. The van der Waals surface area contributed by atoms with E-state index in [0.717, 1.165) is 0 Å². The fourth-order valence-electron chi connectivity index (χ4n) is 2.63. The summed E-state index contributed by atoms with van der Waals surface area (Å²) in [5.74, 6) is 0. The number of hydrogen-bond donors (Lipinski definition) is 2. The number of ether oxygens (including phenoxy) is 1. The summed E-state index contributed by atoms with van der Waals surface area (Å²) in [6, 6.07) is 11.9. The SMILES string of the molecule is CC(C)(C)OC(=O)NCc1ccc([N+](=O)[O-])c(C(O)(C=O)c2ccccc2)c1. The maximum Gasteiger partial charge on any atom is 0.407 e. The molecule has 0 fully saturated rings. The Bertz CT molecular complexity index is 876. The molecule has 2 aromatic carbocycles. The Labute approximate surface area is 162 Å². The molecule has 0 saturated carbocycles. The molecular formula is C20H22N2O6. The maximum absolute atomic E-state index is 11.8. The van der Waals surface area contributed by atoms with Crippen molar-refractivity contribution < 1.29 is 24.4 Å². The van der Waals surface area contributed by atoms with Gasteiger partial charge in [-0.25, -0.2) is 4.79 Å². The van der Waals surface area contributed by atoms with E-state index in [1.165, 1.54) is 30.3 Å². The highest BCUT2D eigenvalue weighted by atomic mass is 16.6. The lowest BCUT2D eigenvalue weighted by Crippen LogP contribution is -2.32. The third kappa shape index (κ3) is 4.92. The number of carbonyl (C=O) groups is 2. The molecule has 28 heavy (non-hydrogen) atoms. The minimum absolute atomic E-state index is 0.00361. The Kier molecular flexibility index (Phi) is 6.15. The second kappa shape index (κ2) is 8.18. The summed E-state index contributed by atoms with van der Waals surface area (Å²) in [6.07, 6.45) is -0.392. The number of nitrogens with one attached hydrogen (secondary N) is 1. The molecule has 0 aromatic heterocycles. The number of nitro groups is 1. The second-order valence-corrected chi connectivity index (χ2v) is 7.21. The normalized spacial score (nSPS) is 13.3. The number of carbonyl (C=O) groups excluding carboxylic acids is 2. The summed E-state index contributed by atoms with van der Waals surface area (Å²) in [7, 11) is 0. The molecule has 0 radical (unpaired) electrons. The van der Waals surface area contributed by atoms with Gasteiger partial charge in [0.05, 0.1) is 10.5 Å². The molecule has 2 aromatic rings. The molecule has 0 heterocycles. The molecule has 0 saturated heterocycles. The molecule has 1 atom stereocenters. The van der Waals surface area contributed by atoms with Crippen molar-refractivity contribution >= 4 is 18.1 Å². The predicted molar refractivity (Wildman–Crippen MR) is 102 cm³/mol. The number of benzene rings is 2. The van der Waals surface area contributed by atoms with Crippen LogP contribution in [-0.2, 0) is 21.7 Å². The molecule has 148 valence electrons. The van der Waals surface area contributed by atoms with Crippen LogP contribution in [0.2, 0.25) is 0 Å². The van der Waals surface area contributed by atoms with Crippen LogP contribution in [0.15, 0.2) is 48.5 Å². The molecule has 2 N–H and O–H groups in total.